The lowest BCUT2D eigenvalue weighted by Gasteiger charge is -2.05. The fourth-order valence-corrected chi connectivity index (χ4v) is 2.93. The minimum Gasteiger partial charge on any atom is -0.316 e. The Morgan fingerprint density at radius 3 is 3.00 bits per heavy atom. The highest BCUT2D eigenvalue weighted by Gasteiger charge is 2.08. The molecule has 0 unspecified atom stereocenters. The number of benzene rings is 1. The fourth-order valence-electron chi connectivity index (χ4n) is 2.05. The fraction of sp³-hybridized carbons (Fsp3) is 0.0769. The van der Waals surface area contributed by atoms with Crippen LogP contribution in [0, 0.1) is 6.92 Å². The van der Waals surface area contributed by atoms with E-state index in [-0.39, 0.29) is 0 Å². The molecule has 0 spiro atoms. The van der Waals surface area contributed by atoms with Crippen LogP contribution in [0.15, 0.2) is 36.7 Å². The van der Waals surface area contributed by atoms with Crippen molar-refractivity contribution >= 4 is 38.3 Å². The number of para-hydroxylation sites is 1. The molecule has 1 N–H and O–H groups in total. The normalized spacial score (nSPS) is 11.2. The molecule has 0 aliphatic carbocycles. The Morgan fingerprint density at radius 1 is 1.20 bits per heavy atom. The Balaban J connectivity index is 1.81. The molecule has 1 aromatic carbocycles. The number of fused-ring (bicyclic) bond motifs is 2. The number of rotatable bonds is 2. The molecular formula is C13H10N6S. The molecule has 0 atom stereocenters. The van der Waals surface area contributed by atoms with Gasteiger partial charge in [-0.25, -0.2) is 9.97 Å². The van der Waals surface area contributed by atoms with Crippen LogP contribution in [0.25, 0.3) is 16.0 Å². The van der Waals surface area contributed by atoms with Crippen molar-refractivity contribution in [2.75, 3.05) is 5.32 Å². The Labute approximate surface area is 118 Å². The lowest BCUT2D eigenvalue weighted by atomic mass is 10.3. The first-order chi connectivity index (χ1) is 9.79. The molecule has 3 heterocycles. The summed E-state index contributed by atoms with van der Waals surface area (Å²) in [6.45, 7) is 1.93. The second-order valence-electron chi connectivity index (χ2n) is 4.37. The Hall–Kier alpha value is -2.54. The van der Waals surface area contributed by atoms with Gasteiger partial charge in [0.05, 0.1) is 10.2 Å². The van der Waals surface area contributed by atoms with E-state index in [9.17, 15) is 0 Å². The zero-order chi connectivity index (χ0) is 13.5. The third-order valence-corrected chi connectivity index (χ3v) is 3.86. The maximum Gasteiger partial charge on any atom is 0.254 e. The quantitative estimate of drug-likeness (QED) is 0.612. The van der Waals surface area contributed by atoms with Crippen LogP contribution in [0.5, 0.6) is 0 Å². The molecule has 4 aromatic rings. The summed E-state index contributed by atoms with van der Waals surface area (Å²) in [6, 6.07) is 9.98. The van der Waals surface area contributed by atoms with Gasteiger partial charge in [0, 0.05) is 11.8 Å². The predicted octanol–water partition coefficient (Wildman–Crippen LogP) is 2.79. The van der Waals surface area contributed by atoms with Crippen LogP contribution in [-0.4, -0.2) is 24.6 Å². The summed E-state index contributed by atoms with van der Waals surface area (Å²) in [7, 11) is 0. The van der Waals surface area contributed by atoms with Crippen molar-refractivity contribution in [2.45, 2.75) is 6.92 Å². The van der Waals surface area contributed by atoms with E-state index in [0.717, 1.165) is 26.9 Å². The van der Waals surface area contributed by atoms with Gasteiger partial charge in [0.1, 0.15) is 12.1 Å². The number of aromatic nitrogens is 5. The van der Waals surface area contributed by atoms with Gasteiger partial charge in [-0.15, -0.1) is 0 Å². The summed E-state index contributed by atoms with van der Waals surface area (Å²) in [5.41, 5.74) is 1.87. The van der Waals surface area contributed by atoms with Gasteiger partial charge in [-0.05, 0) is 19.1 Å². The summed E-state index contributed by atoms with van der Waals surface area (Å²) >= 11 is 1.60. The minimum atomic E-state index is 0.577. The van der Waals surface area contributed by atoms with E-state index in [4.69, 9.17) is 0 Å². The first-order valence-corrected chi connectivity index (χ1v) is 6.91. The van der Waals surface area contributed by atoms with Gasteiger partial charge in [-0.1, -0.05) is 23.5 Å². The molecule has 20 heavy (non-hydrogen) atoms. The van der Waals surface area contributed by atoms with Crippen LogP contribution in [-0.2, 0) is 0 Å². The van der Waals surface area contributed by atoms with E-state index in [1.165, 1.54) is 6.33 Å². The van der Waals surface area contributed by atoms with E-state index in [1.54, 1.807) is 15.9 Å². The van der Waals surface area contributed by atoms with Crippen molar-refractivity contribution in [1.82, 2.24) is 24.6 Å². The van der Waals surface area contributed by atoms with Gasteiger partial charge in [-0.3, -0.25) is 0 Å². The zero-order valence-corrected chi connectivity index (χ0v) is 11.4. The molecular weight excluding hydrogens is 272 g/mol. The summed E-state index contributed by atoms with van der Waals surface area (Å²) in [4.78, 5) is 13.0. The lowest BCUT2D eigenvalue weighted by molar-refractivity contribution is 0.937. The molecule has 0 fully saturated rings. The van der Waals surface area contributed by atoms with Crippen molar-refractivity contribution in [1.29, 1.82) is 0 Å². The highest BCUT2D eigenvalue weighted by molar-refractivity contribution is 7.22. The molecule has 0 radical (unpaired) electrons. The second kappa shape index (κ2) is 4.24. The van der Waals surface area contributed by atoms with Crippen LogP contribution < -0.4 is 5.32 Å². The largest absolute Gasteiger partial charge is 0.316 e. The van der Waals surface area contributed by atoms with Crippen molar-refractivity contribution in [3.63, 3.8) is 0 Å². The number of nitrogens with one attached hydrogen (secondary N) is 1. The summed E-state index contributed by atoms with van der Waals surface area (Å²) in [5.74, 6) is 1.39. The van der Waals surface area contributed by atoms with E-state index in [0.29, 0.717) is 5.78 Å². The number of hydrogen-bond acceptors (Lipinski definition) is 6. The Kier molecular flexibility index (Phi) is 2.40. The summed E-state index contributed by atoms with van der Waals surface area (Å²) in [6.07, 6.45) is 1.49. The zero-order valence-electron chi connectivity index (χ0n) is 10.6. The van der Waals surface area contributed by atoms with Crippen molar-refractivity contribution < 1.29 is 0 Å². The molecule has 6 nitrogen and oxygen atoms in total. The van der Waals surface area contributed by atoms with Gasteiger partial charge in [-0.2, -0.15) is 14.6 Å². The van der Waals surface area contributed by atoms with E-state index in [2.05, 4.69) is 31.4 Å². The molecule has 98 valence electrons. The third-order valence-electron chi connectivity index (χ3n) is 2.91. The lowest BCUT2D eigenvalue weighted by Crippen LogP contribution is -2.02. The SMILES string of the molecule is Cc1cc(Nc2nc3ccccc3s2)n2ncnc2n1. The van der Waals surface area contributed by atoms with Gasteiger partial charge in [0.2, 0.25) is 0 Å². The molecule has 0 saturated carbocycles. The summed E-state index contributed by atoms with van der Waals surface area (Å²) in [5, 5.41) is 8.29. The average Bonchev–Trinajstić information content (AvgIpc) is 3.03. The van der Waals surface area contributed by atoms with Gasteiger partial charge < -0.3 is 5.32 Å². The number of thiazole rings is 1. The van der Waals surface area contributed by atoms with Crippen molar-refractivity contribution in [2.24, 2.45) is 0 Å². The minimum absolute atomic E-state index is 0.577. The monoisotopic (exact) mass is 282 g/mol. The molecule has 0 saturated heterocycles. The molecule has 0 bridgehead atoms. The number of nitrogens with zero attached hydrogens (tertiary/aromatic N) is 5. The van der Waals surface area contributed by atoms with Crippen LogP contribution in [0.2, 0.25) is 0 Å². The van der Waals surface area contributed by atoms with Gasteiger partial charge >= 0.3 is 0 Å². The van der Waals surface area contributed by atoms with E-state index >= 15 is 0 Å². The standard InChI is InChI=1S/C13H10N6S/c1-8-6-11(19-12(16-8)14-7-15-19)18-13-17-9-4-2-3-5-10(9)20-13/h2-7H,1H3,(H,17,18). The molecule has 0 aliphatic rings. The maximum absolute atomic E-state index is 4.55. The second-order valence-corrected chi connectivity index (χ2v) is 5.40. The van der Waals surface area contributed by atoms with Crippen molar-refractivity contribution in [3.8, 4) is 0 Å². The number of aryl methyl sites for hydroxylation is 1. The summed E-state index contributed by atoms with van der Waals surface area (Å²) < 4.78 is 2.81. The first-order valence-electron chi connectivity index (χ1n) is 6.09. The molecule has 7 heteroatoms. The van der Waals surface area contributed by atoms with Gasteiger partial charge in [0.25, 0.3) is 5.78 Å². The highest BCUT2D eigenvalue weighted by Crippen LogP contribution is 2.28. The maximum atomic E-state index is 4.55. The van der Waals surface area contributed by atoms with Crippen molar-refractivity contribution in [3.05, 3.63) is 42.4 Å². The number of anilines is 2. The Morgan fingerprint density at radius 2 is 2.10 bits per heavy atom. The topological polar surface area (TPSA) is 68.0 Å². The van der Waals surface area contributed by atoms with E-state index < -0.39 is 0 Å². The molecule has 3 aromatic heterocycles. The highest BCUT2D eigenvalue weighted by atomic mass is 32.1. The van der Waals surface area contributed by atoms with Gasteiger partial charge in [0.15, 0.2) is 5.13 Å². The van der Waals surface area contributed by atoms with E-state index in [1.807, 2.05) is 31.2 Å². The third kappa shape index (κ3) is 1.79. The van der Waals surface area contributed by atoms with Crippen LogP contribution in [0.1, 0.15) is 5.69 Å². The average molecular weight is 282 g/mol. The Bertz CT molecular complexity index is 876. The number of hydrogen-bond donors (Lipinski definition) is 1. The molecule has 4 rings (SSSR count). The predicted molar refractivity (Wildman–Crippen MR) is 78.4 cm³/mol. The smallest absolute Gasteiger partial charge is 0.254 e. The molecule has 0 aliphatic heterocycles. The van der Waals surface area contributed by atoms with Crippen LogP contribution in [0.4, 0.5) is 10.9 Å². The molecule has 0 amide bonds. The van der Waals surface area contributed by atoms with Crippen LogP contribution in [0.3, 0.4) is 0 Å². The first kappa shape index (κ1) is 11.3. The van der Waals surface area contributed by atoms with Crippen LogP contribution >= 0.6 is 11.3 Å².